The van der Waals surface area contributed by atoms with Gasteiger partial charge in [0.1, 0.15) is 0 Å². The molecular weight excluding hydrogens is 380 g/mol. The van der Waals surface area contributed by atoms with Gasteiger partial charge in [-0.05, 0) is 66.3 Å². The fraction of sp³-hybridized carbons (Fsp3) is 0.222. The number of aromatic nitrogens is 2. The molecule has 4 rings (SSSR count). The Labute approximate surface area is 184 Å². The van der Waals surface area contributed by atoms with Crippen LogP contribution in [0, 0.1) is 12.8 Å². The average Bonchev–Trinajstić information content (AvgIpc) is 3.14. The summed E-state index contributed by atoms with van der Waals surface area (Å²) in [5, 5.41) is 12.3. The zero-order valence-electron chi connectivity index (χ0n) is 18.4. The Morgan fingerprint density at radius 2 is 1.81 bits per heavy atom. The maximum atomic E-state index is 6.09. The maximum absolute atomic E-state index is 6.09. The summed E-state index contributed by atoms with van der Waals surface area (Å²) in [6, 6.07) is 23.6. The predicted octanol–water partition coefficient (Wildman–Crippen LogP) is 6.30. The summed E-state index contributed by atoms with van der Waals surface area (Å²) in [6.45, 7) is 6.53. The second kappa shape index (κ2) is 9.09. The van der Waals surface area contributed by atoms with Crippen LogP contribution in [-0.4, -0.2) is 16.2 Å². The molecule has 31 heavy (non-hydrogen) atoms. The van der Waals surface area contributed by atoms with Gasteiger partial charge in [0.05, 0.1) is 11.2 Å². The van der Waals surface area contributed by atoms with Gasteiger partial charge in [0.15, 0.2) is 0 Å². The second-order valence-electron chi connectivity index (χ2n) is 8.51. The number of aromatic amines is 1. The van der Waals surface area contributed by atoms with Crippen molar-refractivity contribution >= 4 is 34.4 Å². The van der Waals surface area contributed by atoms with Crippen LogP contribution in [0.2, 0.25) is 0 Å². The summed E-state index contributed by atoms with van der Waals surface area (Å²) < 4.78 is 0. The summed E-state index contributed by atoms with van der Waals surface area (Å²) >= 11 is 0. The lowest BCUT2D eigenvalue weighted by atomic mass is 9.96. The molecule has 0 aliphatic carbocycles. The molecule has 1 heterocycles. The van der Waals surface area contributed by atoms with E-state index in [1.165, 1.54) is 5.56 Å². The number of rotatable bonds is 7. The highest BCUT2D eigenvalue weighted by Crippen LogP contribution is 2.24. The molecule has 0 aliphatic rings. The van der Waals surface area contributed by atoms with Gasteiger partial charge in [0.2, 0.25) is 0 Å². The lowest BCUT2D eigenvalue weighted by Crippen LogP contribution is -2.28. The molecule has 0 saturated heterocycles. The van der Waals surface area contributed by atoms with Crippen molar-refractivity contribution in [1.29, 1.82) is 0 Å². The molecule has 1 aromatic heterocycles. The van der Waals surface area contributed by atoms with E-state index < -0.39 is 0 Å². The van der Waals surface area contributed by atoms with Crippen LogP contribution in [-0.2, 0) is 6.42 Å². The monoisotopic (exact) mass is 410 g/mol. The number of aryl methyl sites for hydroxylation is 1. The van der Waals surface area contributed by atoms with Crippen molar-refractivity contribution in [1.82, 2.24) is 10.2 Å². The summed E-state index contributed by atoms with van der Waals surface area (Å²) in [5.74, 6) is 0.517. The number of nitrogens with zero attached hydrogens (tertiary/aromatic N) is 1. The zero-order chi connectivity index (χ0) is 21.8. The van der Waals surface area contributed by atoms with E-state index in [0.29, 0.717) is 12.0 Å². The van der Waals surface area contributed by atoms with Crippen LogP contribution < -0.4 is 11.1 Å². The Bertz CT molecular complexity index is 1190. The first-order chi connectivity index (χ1) is 15.0. The van der Waals surface area contributed by atoms with Crippen molar-refractivity contribution < 1.29 is 0 Å². The molecule has 0 radical (unpaired) electrons. The van der Waals surface area contributed by atoms with Gasteiger partial charge in [-0.25, -0.2) is 0 Å². The van der Waals surface area contributed by atoms with E-state index in [2.05, 4.69) is 90.0 Å². The number of nitrogen functional groups attached to an aromatic ring is 1. The van der Waals surface area contributed by atoms with E-state index in [-0.39, 0.29) is 0 Å². The minimum atomic E-state index is 0.364. The second-order valence-corrected chi connectivity index (χ2v) is 8.51. The van der Waals surface area contributed by atoms with Gasteiger partial charge in [-0.15, -0.1) is 0 Å². The number of nitrogens with two attached hydrogens (primary N) is 1. The molecule has 0 fully saturated rings. The Balaban J connectivity index is 1.52. The summed E-state index contributed by atoms with van der Waals surface area (Å²) in [6.07, 6.45) is 5.13. The first-order valence-electron chi connectivity index (χ1n) is 10.8. The summed E-state index contributed by atoms with van der Waals surface area (Å²) in [5.41, 5.74) is 13.4. The topological polar surface area (TPSA) is 66.7 Å². The first kappa shape index (κ1) is 20.7. The number of benzene rings is 3. The van der Waals surface area contributed by atoms with Gasteiger partial charge in [0.25, 0.3) is 0 Å². The molecule has 0 bridgehead atoms. The van der Waals surface area contributed by atoms with Crippen LogP contribution in [0.15, 0.2) is 66.7 Å². The van der Waals surface area contributed by atoms with Crippen molar-refractivity contribution in [3.63, 3.8) is 0 Å². The predicted molar refractivity (Wildman–Crippen MR) is 133 cm³/mol. The number of anilines is 2. The van der Waals surface area contributed by atoms with Crippen molar-refractivity contribution in [2.45, 2.75) is 33.2 Å². The summed E-state index contributed by atoms with van der Waals surface area (Å²) in [4.78, 5) is 0. The highest BCUT2D eigenvalue weighted by molar-refractivity contribution is 5.92. The van der Waals surface area contributed by atoms with E-state index >= 15 is 0 Å². The van der Waals surface area contributed by atoms with Crippen molar-refractivity contribution in [3.05, 3.63) is 89.1 Å². The van der Waals surface area contributed by atoms with Gasteiger partial charge >= 0.3 is 0 Å². The standard InChI is InChI=1S/C27H30N4/c1-18(2)26(16-20-8-5-4-6-9-20)29-22-11-7-10-21(15-22)12-13-25-23-17-24(28)19(3)14-27(23)31-30-25/h4-15,17-18,26,29H,16,28H2,1-3H3,(H,30,31)/b13-12+. The molecule has 4 aromatic rings. The van der Waals surface area contributed by atoms with Crippen LogP contribution in [0.25, 0.3) is 23.1 Å². The molecule has 0 spiro atoms. The number of H-pyrrole nitrogens is 1. The molecular formula is C27H30N4. The van der Waals surface area contributed by atoms with E-state index in [1.807, 2.05) is 25.1 Å². The van der Waals surface area contributed by atoms with Gasteiger partial charge in [-0.3, -0.25) is 5.10 Å². The molecule has 4 heteroatoms. The van der Waals surface area contributed by atoms with Crippen LogP contribution >= 0.6 is 0 Å². The normalized spacial score (nSPS) is 12.6. The third-order valence-corrected chi connectivity index (χ3v) is 5.75. The first-order valence-corrected chi connectivity index (χ1v) is 10.8. The zero-order valence-corrected chi connectivity index (χ0v) is 18.4. The minimum absolute atomic E-state index is 0.364. The van der Waals surface area contributed by atoms with Crippen LogP contribution in [0.1, 0.15) is 36.2 Å². The van der Waals surface area contributed by atoms with Crippen molar-refractivity contribution in [2.24, 2.45) is 5.92 Å². The number of hydrogen-bond acceptors (Lipinski definition) is 3. The smallest absolute Gasteiger partial charge is 0.0928 e. The van der Waals surface area contributed by atoms with E-state index in [4.69, 9.17) is 5.73 Å². The SMILES string of the molecule is Cc1cc2[nH]nc(/C=C/c3cccc(NC(Cc4ccccc4)C(C)C)c3)c2cc1N. The van der Waals surface area contributed by atoms with Gasteiger partial charge < -0.3 is 11.1 Å². The van der Waals surface area contributed by atoms with Gasteiger partial charge in [-0.1, -0.05) is 62.4 Å². The Kier molecular flexibility index (Phi) is 6.08. The number of hydrogen-bond donors (Lipinski definition) is 3. The molecule has 1 unspecified atom stereocenters. The third kappa shape index (κ3) is 4.97. The molecule has 158 valence electrons. The minimum Gasteiger partial charge on any atom is -0.398 e. The third-order valence-electron chi connectivity index (χ3n) is 5.75. The van der Waals surface area contributed by atoms with Gasteiger partial charge in [0, 0.05) is 22.8 Å². The molecule has 4 nitrogen and oxygen atoms in total. The molecule has 4 N–H and O–H groups in total. The van der Waals surface area contributed by atoms with E-state index in [1.54, 1.807) is 0 Å². The quantitative estimate of drug-likeness (QED) is 0.313. The van der Waals surface area contributed by atoms with E-state index in [9.17, 15) is 0 Å². The molecule has 0 aliphatic heterocycles. The van der Waals surface area contributed by atoms with Crippen LogP contribution in [0.3, 0.4) is 0 Å². The highest BCUT2D eigenvalue weighted by atomic mass is 15.1. The van der Waals surface area contributed by atoms with Crippen LogP contribution in [0.5, 0.6) is 0 Å². The Morgan fingerprint density at radius 3 is 2.58 bits per heavy atom. The molecule has 3 aromatic carbocycles. The highest BCUT2D eigenvalue weighted by Gasteiger charge is 2.14. The lowest BCUT2D eigenvalue weighted by molar-refractivity contribution is 0.521. The van der Waals surface area contributed by atoms with Crippen LogP contribution in [0.4, 0.5) is 11.4 Å². The Hall–Kier alpha value is -3.53. The number of nitrogens with one attached hydrogen (secondary N) is 2. The molecule has 0 amide bonds. The summed E-state index contributed by atoms with van der Waals surface area (Å²) in [7, 11) is 0. The van der Waals surface area contributed by atoms with Crippen molar-refractivity contribution in [3.8, 4) is 0 Å². The molecule has 1 atom stereocenters. The van der Waals surface area contributed by atoms with Crippen molar-refractivity contribution in [2.75, 3.05) is 11.1 Å². The number of fused-ring (bicyclic) bond motifs is 1. The average molecular weight is 411 g/mol. The maximum Gasteiger partial charge on any atom is 0.0928 e. The van der Waals surface area contributed by atoms with Gasteiger partial charge in [-0.2, -0.15) is 5.10 Å². The Morgan fingerprint density at radius 1 is 1.00 bits per heavy atom. The fourth-order valence-electron chi connectivity index (χ4n) is 3.78. The fourth-order valence-corrected chi connectivity index (χ4v) is 3.78. The molecule has 0 saturated carbocycles. The largest absolute Gasteiger partial charge is 0.398 e. The lowest BCUT2D eigenvalue weighted by Gasteiger charge is -2.24. The van der Waals surface area contributed by atoms with E-state index in [0.717, 1.165) is 45.5 Å².